The Kier molecular flexibility index (Phi) is 8.27. The zero-order chi connectivity index (χ0) is 31.7. The molecule has 0 aliphatic heterocycles. The fourth-order valence-corrected chi connectivity index (χ4v) is 10.8. The molecule has 0 aliphatic carbocycles. The lowest BCUT2D eigenvalue weighted by atomic mass is 10.1. The molecule has 224 valence electrons. The first-order valence-corrected chi connectivity index (χ1v) is 19.6. The number of benzene rings is 1. The van der Waals surface area contributed by atoms with Crippen molar-refractivity contribution in [3.05, 3.63) is 104 Å². The lowest BCUT2D eigenvalue weighted by molar-refractivity contribution is 1.38. The zero-order valence-corrected chi connectivity index (χ0v) is 29.5. The van der Waals surface area contributed by atoms with Crippen LogP contribution in [0.25, 0.3) is 74.7 Å². The molecule has 0 atom stereocenters. The molecule has 0 aliphatic rings. The second kappa shape index (κ2) is 13.0. The van der Waals surface area contributed by atoms with Crippen molar-refractivity contribution in [2.24, 2.45) is 0 Å². The highest BCUT2D eigenvalue weighted by molar-refractivity contribution is 7.25. The number of hydrogen-bond donors (Lipinski definition) is 0. The Balaban J connectivity index is 1.05. The van der Waals surface area contributed by atoms with Gasteiger partial charge in [-0.2, -0.15) is 19.3 Å². The Morgan fingerprint density at radius 2 is 0.957 bits per heavy atom. The third-order valence-corrected chi connectivity index (χ3v) is 13.9. The monoisotopic (exact) mass is 732 g/mol. The molecule has 0 saturated carbocycles. The van der Waals surface area contributed by atoms with E-state index in [0.717, 1.165) is 61.4 Å². The standard InChI is InChI=1S/C34H16N6S7/c35-17-19(33-37-11-13-41-33)15-21-1-5-27(43-21)29-9-7-25(45-29)23-3-4-24(32-31(23)39-47-40-32)26-8-10-30(46-26)28-6-2-22(44-28)16-20(18-36)34-38-12-14-42-34/h1-16H/b19-15+,20-16+. The van der Waals surface area contributed by atoms with E-state index in [1.54, 1.807) is 57.7 Å². The van der Waals surface area contributed by atoms with Crippen LogP contribution < -0.4 is 0 Å². The number of thiophene rings is 4. The van der Waals surface area contributed by atoms with E-state index in [2.05, 4.69) is 82.8 Å². The summed E-state index contributed by atoms with van der Waals surface area (Å²) in [6.07, 6.45) is 7.25. The number of allylic oxidation sites excluding steroid dienone is 2. The Bertz CT molecular complexity index is 2330. The van der Waals surface area contributed by atoms with E-state index < -0.39 is 0 Å². The van der Waals surface area contributed by atoms with Crippen LogP contribution in [0.5, 0.6) is 0 Å². The zero-order valence-electron chi connectivity index (χ0n) is 23.8. The molecule has 0 unspecified atom stereocenters. The van der Waals surface area contributed by atoms with Gasteiger partial charge in [-0.1, -0.05) is 12.1 Å². The van der Waals surface area contributed by atoms with Crippen LogP contribution in [0.2, 0.25) is 0 Å². The van der Waals surface area contributed by atoms with Crippen molar-refractivity contribution in [2.75, 3.05) is 0 Å². The SMILES string of the molecule is N#C/C(=C\c1ccc(-c2ccc(-c3ccc(-c4ccc(-c5ccc(/C=C(\C#N)c6nccs6)s5)s4)c4nsnc34)s2)s1)c1nccs1. The molecule has 6 nitrogen and oxygen atoms in total. The van der Waals surface area contributed by atoms with Crippen molar-refractivity contribution < 1.29 is 0 Å². The van der Waals surface area contributed by atoms with Crippen molar-refractivity contribution in [1.82, 2.24) is 18.7 Å². The van der Waals surface area contributed by atoms with E-state index in [1.807, 2.05) is 22.9 Å². The predicted octanol–water partition coefficient (Wildman–Crippen LogP) is 11.6. The molecule has 47 heavy (non-hydrogen) atoms. The highest BCUT2D eigenvalue weighted by atomic mass is 32.1. The summed E-state index contributed by atoms with van der Waals surface area (Å²) in [5.41, 5.74) is 5.10. The van der Waals surface area contributed by atoms with Crippen LogP contribution in [0.3, 0.4) is 0 Å². The van der Waals surface area contributed by atoms with Gasteiger partial charge in [0.2, 0.25) is 0 Å². The lowest BCUT2D eigenvalue weighted by Gasteiger charge is -2.03. The lowest BCUT2D eigenvalue weighted by Crippen LogP contribution is -1.81. The van der Waals surface area contributed by atoms with Crippen molar-refractivity contribution in [3.8, 4) is 52.5 Å². The molecule has 7 heterocycles. The predicted molar refractivity (Wildman–Crippen MR) is 202 cm³/mol. The topological polar surface area (TPSA) is 99.1 Å². The van der Waals surface area contributed by atoms with Gasteiger partial charge < -0.3 is 0 Å². The van der Waals surface area contributed by atoms with Crippen LogP contribution in [0, 0.1) is 22.7 Å². The molecular weight excluding hydrogens is 717 g/mol. The normalized spacial score (nSPS) is 12.0. The minimum absolute atomic E-state index is 0.575. The molecule has 0 bridgehead atoms. The van der Waals surface area contributed by atoms with Crippen LogP contribution >= 0.6 is 79.7 Å². The Labute approximate surface area is 297 Å². The average Bonchev–Trinajstić information content (AvgIpc) is 3.92. The van der Waals surface area contributed by atoms with Crippen molar-refractivity contribution in [3.63, 3.8) is 0 Å². The number of rotatable bonds is 8. The molecular formula is C34H16N6S7. The molecule has 1 aromatic carbocycles. The first-order valence-electron chi connectivity index (χ1n) is 13.9. The van der Waals surface area contributed by atoms with E-state index in [4.69, 9.17) is 8.75 Å². The van der Waals surface area contributed by atoms with Gasteiger partial charge in [-0.25, -0.2) is 9.97 Å². The molecule has 0 amide bonds. The van der Waals surface area contributed by atoms with Gasteiger partial charge >= 0.3 is 0 Å². The van der Waals surface area contributed by atoms with Gasteiger partial charge in [-0.05, 0) is 60.7 Å². The first-order chi connectivity index (χ1) is 23.2. The summed E-state index contributed by atoms with van der Waals surface area (Å²) in [5, 5.41) is 24.5. The minimum atomic E-state index is 0.575. The number of thiazole rings is 2. The highest BCUT2D eigenvalue weighted by Crippen LogP contribution is 2.44. The maximum Gasteiger partial charge on any atom is 0.133 e. The van der Waals surface area contributed by atoms with E-state index >= 15 is 0 Å². The molecule has 8 aromatic rings. The van der Waals surface area contributed by atoms with E-state index in [0.29, 0.717) is 11.1 Å². The van der Waals surface area contributed by atoms with Crippen LogP contribution in [0.15, 0.2) is 83.8 Å². The molecule has 0 N–H and O–H groups in total. The van der Waals surface area contributed by atoms with Gasteiger partial charge in [0.25, 0.3) is 0 Å². The van der Waals surface area contributed by atoms with Crippen LogP contribution in [0.1, 0.15) is 19.8 Å². The fraction of sp³-hybridized carbons (Fsp3) is 0. The van der Waals surface area contributed by atoms with Crippen LogP contribution in [0.4, 0.5) is 0 Å². The van der Waals surface area contributed by atoms with Gasteiger partial charge in [0.15, 0.2) is 0 Å². The third-order valence-electron chi connectivity index (χ3n) is 7.04. The fourth-order valence-electron chi connectivity index (χ4n) is 4.90. The maximum absolute atomic E-state index is 9.62. The molecule has 0 radical (unpaired) electrons. The third kappa shape index (κ3) is 5.95. The minimum Gasteiger partial charge on any atom is -0.244 e. The number of nitrogens with zero attached hydrogens (tertiary/aromatic N) is 6. The van der Waals surface area contributed by atoms with Gasteiger partial charge in [0.05, 0.1) is 22.9 Å². The summed E-state index contributed by atoms with van der Waals surface area (Å²) >= 11 is 11.0. The number of fused-ring (bicyclic) bond motifs is 1. The van der Waals surface area contributed by atoms with Gasteiger partial charge in [0.1, 0.15) is 33.2 Å². The Morgan fingerprint density at radius 1 is 0.532 bits per heavy atom. The summed E-state index contributed by atoms with van der Waals surface area (Å²) in [5.74, 6) is 0. The van der Waals surface area contributed by atoms with Crippen LogP contribution in [-0.2, 0) is 0 Å². The molecule has 13 heteroatoms. The summed E-state index contributed by atoms with van der Waals surface area (Å²) < 4.78 is 9.45. The van der Waals surface area contributed by atoms with Gasteiger partial charge in [-0.3, -0.25) is 0 Å². The van der Waals surface area contributed by atoms with Gasteiger partial charge in [0, 0.05) is 73.3 Å². The molecule has 0 fully saturated rings. The summed E-state index contributed by atoms with van der Waals surface area (Å²) in [7, 11) is 0. The maximum atomic E-state index is 9.62. The molecule has 7 aromatic heterocycles. The quantitative estimate of drug-likeness (QED) is 0.144. The number of nitriles is 2. The van der Waals surface area contributed by atoms with E-state index in [1.165, 1.54) is 44.2 Å². The summed E-state index contributed by atoms with van der Waals surface area (Å²) in [6.45, 7) is 0. The van der Waals surface area contributed by atoms with Crippen LogP contribution in [-0.4, -0.2) is 18.7 Å². The average molecular weight is 733 g/mol. The van der Waals surface area contributed by atoms with Crippen molar-refractivity contribution in [2.45, 2.75) is 0 Å². The van der Waals surface area contributed by atoms with E-state index in [9.17, 15) is 10.5 Å². The largest absolute Gasteiger partial charge is 0.244 e. The Hall–Kier alpha value is -4.44. The molecule has 0 saturated heterocycles. The summed E-state index contributed by atoms with van der Waals surface area (Å²) in [6, 6.07) is 25.8. The Morgan fingerprint density at radius 3 is 1.38 bits per heavy atom. The molecule has 8 rings (SSSR count). The second-order valence-electron chi connectivity index (χ2n) is 9.87. The van der Waals surface area contributed by atoms with Crippen molar-refractivity contribution >= 4 is 114 Å². The van der Waals surface area contributed by atoms with Gasteiger partial charge in [-0.15, -0.1) is 68.0 Å². The highest BCUT2D eigenvalue weighted by Gasteiger charge is 2.18. The molecule has 0 spiro atoms. The summed E-state index contributed by atoms with van der Waals surface area (Å²) in [4.78, 5) is 17.5. The van der Waals surface area contributed by atoms with E-state index in [-0.39, 0.29) is 0 Å². The smallest absolute Gasteiger partial charge is 0.133 e. The number of aromatic nitrogens is 4. The first kappa shape index (κ1) is 29.9. The van der Waals surface area contributed by atoms with Crippen molar-refractivity contribution in [1.29, 1.82) is 10.5 Å². The second-order valence-corrected chi connectivity index (χ2v) is 16.6. The number of hydrogen-bond acceptors (Lipinski definition) is 13.